The van der Waals surface area contributed by atoms with Crippen LogP contribution in [0.15, 0.2) is 158 Å². The fourth-order valence-electron chi connectivity index (χ4n) is 11.9. The molecule has 19 nitrogen and oxygen atoms in total. The van der Waals surface area contributed by atoms with E-state index >= 15 is 0 Å². The highest BCUT2D eigenvalue weighted by Gasteiger charge is 2.29. The van der Waals surface area contributed by atoms with E-state index in [1.165, 1.54) is 16.8 Å². The van der Waals surface area contributed by atoms with E-state index in [4.69, 9.17) is 10.8 Å². The summed E-state index contributed by atoms with van der Waals surface area (Å²) in [7, 11) is 3.96. The number of piperazine rings is 4. The highest BCUT2D eigenvalue weighted by Crippen LogP contribution is 2.22. The van der Waals surface area contributed by atoms with Gasteiger partial charge in [-0.15, -0.1) is 0 Å². The molecule has 5 N–H and O–H groups in total. The molecule has 6 aromatic carbocycles. The normalized spacial score (nSPS) is 16.2. The van der Waals surface area contributed by atoms with Crippen molar-refractivity contribution in [2.75, 3.05) is 165 Å². The molecule has 19 heteroatoms. The first-order valence-electron chi connectivity index (χ1n) is 32.2. The van der Waals surface area contributed by atoms with Crippen molar-refractivity contribution in [2.24, 2.45) is 5.73 Å². The van der Waals surface area contributed by atoms with Crippen LogP contribution >= 0.6 is 0 Å². The highest BCUT2D eigenvalue weighted by molar-refractivity contribution is 5.83. The van der Waals surface area contributed by atoms with Crippen molar-refractivity contribution >= 4 is 52.7 Å². The number of amides is 4. The molecule has 10 rings (SSSR count). The summed E-state index contributed by atoms with van der Waals surface area (Å²) in [6, 6.07) is 52.5. The zero-order valence-corrected chi connectivity index (χ0v) is 53.9. The average Bonchev–Trinajstić information content (AvgIpc) is 2.99. The predicted molar refractivity (Wildman–Crippen MR) is 363 cm³/mol. The molecule has 0 spiro atoms. The summed E-state index contributed by atoms with van der Waals surface area (Å²) in [5, 5.41) is 21.8. The molecule has 2 atom stereocenters. The van der Waals surface area contributed by atoms with E-state index in [1.54, 1.807) is 13.8 Å². The molecular formula is C72H96N12O7. The number of aldehydes is 1. The van der Waals surface area contributed by atoms with Crippen molar-refractivity contribution in [1.29, 1.82) is 0 Å². The van der Waals surface area contributed by atoms with Gasteiger partial charge in [0.2, 0.25) is 23.6 Å². The van der Waals surface area contributed by atoms with Crippen LogP contribution < -0.4 is 30.7 Å². The van der Waals surface area contributed by atoms with Gasteiger partial charge in [-0.1, -0.05) is 97.1 Å². The minimum Gasteiger partial charge on any atom is -0.395 e. The number of likely N-dealkylation sites (N-methyl/N-ethyl adjacent to an activating group) is 2. The topological polar surface area (TPSA) is 196 Å². The van der Waals surface area contributed by atoms with E-state index in [0.29, 0.717) is 51.1 Å². The summed E-state index contributed by atoms with van der Waals surface area (Å²) in [4.78, 5) is 81.1. The molecule has 486 valence electrons. The number of nitrogens with zero attached hydrogens (tertiary/aromatic N) is 10. The molecule has 4 amide bonds. The molecule has 6 aromatic rings. The molecular weight excluding hydrogens is 1140 g/mol. The van der Waals surface area contributed by atoms with E-state index in [0.717, 1.165) is 145 Å². The number of hydrogen-bond donors (Lipinski definition) is 4. The lowest BCUT2D eigenvalue weighted by molar-refractivity contribution is -0.135. The van der Waals surface area contributed by atoms with Crippen LogP contribution in [0, 0.1) is 0 Å². The van der Waals surface area contributed by atoms with Crippen LogP contribution in [0.3, 0.4) is 0 Å². The lowest BCUT2D eigenvalue weighted by Gasteiger charge is -2.37. The lowest BCUT2D eigenvalue weighted by Crippen LogP contribution is -2.54. The predicted octanol–water partition coefficient (Wildman–Crippen LogP) is 5.33. The number of anilines is 4. The molecule has 4 aliphatic heterocycles. The smallest absolute Gasteiger partial charge is 0.240 e. The monoisotopic (exact) mass is 1240 g/mol. The van der Waals surface area contributed by atoms with Crippen LogP contribution in [0.25, 0.3) is 0 Å². The van der Waals surface area contributed by atoms with Crippen molar-refractivity contribution in [2.45, 2.75) is 58.4 Å². The van der Waals surface area contributed by atoms with Gasteiger partial charge in [-0.2, -0.15) is 0 Å². The largest absolute Gasteiger partial charge is 0.395 e. The van der Waals surface area contributed by atoms with Crippen molar-refractivity contribution in [1.82, 2.24) is 34.7 Å². The Morgan fingerprint density at radius 1 is 0.462 bits per heavy atom. The lowest BCUT2D eigenvalue weighted by atomic mass is 10.0. The maximum absolute atomic E-state index is 13.9. The molecule has 0 unspecified atom stereocenters. The Morgan fingerprint density at radius 2 is 0.835 bits per heavy atom. The van der Waals surface area contributed by atoms with E-state index in [2.05, 4.69) is 110 Å². The summed E-state index contributed by atoms with van der Waals surface area (Å²) < 4.78 is 0. The number of hydrogen-bond acceptors (Lipinski definition) is 15. The summed E-state index contributed by atoms with van der Waals surface area (Å²) in [5.41, 5.74) is 17.2. The molecule has 4 heterocycles. The van der Waals surface area contributed by atoms with Gasteiger partial charge in [0.1, 0.15) is 6.29 Å². The van der Waals surface area contributed by atoms with Crippen molar-refractivity contribution < 1.29 is 34.2 Å². The third-order valence-corrected chi connectivity index (χ3v) is 17.7. The first-order chi connectivity index (χ1) is 44.2. The van der Waals surface area contributed by atoms with E-state index in [9.17, 15) is 29.1 Å². The quantitative estimate of drug-likeness (QED) is 0.0637. The number of benzene rings is 6. The van der Waals surface area contributed by atoms with Gasteiger partial charge >= 0.3 is 0 Å². The zero-order chi connectivity index (χ0) is 64.5. The summed E-state index contributed by atoms with van der Waals surface area (Å²) in [5.74, 6) is 0.489. The maximum atomic E-state index is 13.9. The summed E-state index contributed by atoms with van der Waals surface area (Å²) in [6.45, 7) is 19.8. The Balaban J connectivity index is 0.000000197. The number of nitrogens with two attached hydrogens (primary N) is 1. The van der Waals surface area contributed by atoms with Gasteiger partial charge in [-0.25, -0.2) is 0 Å². The number of rotatable bonds is 22. The second-order valence-corrected chi connectivity index (χ2v) is 24.1. The fraction of sp³-hybridized carbons (Fsp3) is 0.431. The maximum Gasteiger partial charge on any atom is 0.240 e. The molecule has 91 heavy (non-hydrogen) atoms. The fourth-order valence-corrected chi connectivity index (χ4v) is 11.9. The second-order valence-electron chi connectivity index (χ2n) is 24.1. The molecule has 0 bridgehead atoms. The Kier molecular flexibility index (Phi) is 26.8. The van der Waals surface area contributed by atoms with Crippen LogP contribution in [0.5, 0.6) is 0 Å². The molecule has 0 aromatic heterocycles. The minimum absolute atomic E-state index is 0.0461. The van der Waals surface area contributed by atoms with E-state index in [1.807, 2.05) is 116 Å². The van der Waals surface area contributed by atoms with Gasteiger partial charge in [0.15, 0.2) is 0 Å². The van der Waals surface area contributed by atoms with Gasteiger partial charge in [0, 0.05) is 194 Å². The SMILES string of the molecule is CC(=O)N1CCN(c2ccc(C=O)cc2)CC1.CC(=O)N1CCN(c2ccc(CN[C@@H](Cc3ccccc3)C(=O)N3CCN(Cc4ccc(N(C)CCO)cc4)CC3)cc2)CC1.CN(CCO)c1ccc(CN2CCN(C(=O)[C@@H](N)Cc3ccccc3)CC2)cc1. The van der Waals surface area contributed by atoms with Gasteiger partial charge in [0.05, 0.1) is 25.3 Å². The number of aliphatic hydroxyl groups excluding tert-OH is 2. The van der Waals surface area contributed by atoms with Crippen molar-refractivity contribution in [3.8, 4) is 0 Å². The molecule has 4 saturated heterocycles. The Labute approximate surface area is 539 Å². The third kappa shape index (κ3) is 21.2. The van der Waals surface area contributed by atoms with E-state index in [-0.39, 0.29) is 42.9 Å². The summed E-state index contributed by atoms with van der Waals surface area (Å²) in [6.07, 6.45) is 2.07. The van der Waals surface area contributed by atoms with Crippen molar-refractivity contribution in [3.05, 3.63) is 191 Å². The Morgan fingerprint density at radius 3 is 1.23 bits per heavy atom. The second kappa shape index (κ2) is 35.4. The minimum atomic E-state index is -0.479. The summed E-state index contributed by atoms with van der Waals surface area (Å²) >= 11 is 0. The van der Waals surface area contributed by atoms with E-state index < -0.39 is 6.04 Å². The molecule has 4 aliphatic rings. The standard InChI is InChI=1S/C36H48N6O3.C23H32N4O2.C13H16N2O2/c1-29(44)40-20-22-41(23-21-40)34-14-8-31(9-15-34)27-37-35(26-30-6-4-3-5-7-30)36(45)42-18-16-39(17-19-42)28-32-10-12-33(13-11-32)38(2)24-25-43;1-25(15-16-28)21-9-7-20(8-10-21)18-26-11-13-27(14-12-26)23(29)22(24)17-19-5-3-2-4-6-19;1-11(17)14-6-8-15(9-7-14)13-4-2-12(10-16)3-5-13/h3-15,35,37,43H,16-28H2,1-2H3;2-10,22,28H,11-18,24H2,1H3;2-5,10H,6-9H2,1H3/t35-;22-;/m00./s1. The first-order valence-corrected chi connectivity index (χ1v) is 32.2. The van der Waals surface area contributed by atoms with Crippen LogP contribution in [0.4, 0.5) is 22.7 Å². The number of aliphatic hydroxyl groups is 2. The van der Waals surface area contributed by atoms with Crippen LogP contribution in [-0.2, 0) is 51.7 Å². The molecule has 0 aliphatic carbocycles. The first kappa shape index (κ1) is 68.7. The van der Waals surface area contributed by atoms with Gasteiger partial charge in [-0.05, 0) is 101 Å². The highest BCUT2D eigenvalue weighted by atomic mass is 16.3. The van der Waals surface area contributed by atoms with Crippen molar-refractivity contribution in [3.63, 3.8) is 0 Å². The molecule has 0 saturated carbocycles. The number of carbonyl (C=O) groups excluding carboxylic acids is 5. The average molecular weight is 1240 g/mol. The van der Waals surface area contributed by atoms with Crippen LogP contribution in [-0.4, -0.2) is 227 Å². The van der Waals surface area contributed by atoms with Crippen LogP contribution in [0.1, 0.15) is 52.0 Å². The number of carbonyl (C=O) groups is 5. The number of nitrogens with one attached hydrogen (secondary N) is 1. The molecule has 0 radical (unpaired) electrons. The molecule has 4 fully saturated rings. The third-order valence-electron chi connectivity index (χ3n) is 17.7. The van der Waals surface area contributed by atoms with Gasteiger partial charge in [-0.3, -0.25) is 33.8 Å². The Bertz CT molecular complexity index is 3150. The van der Waals surface area contributed by atoms with Gasteiger partial charge < -0.3 is 60.5 Å². The zero-order valence-electron chi connectivity index (χ0n) is 53.9. The van der Waals surface area contributed by atoms with Gasteiger partial charge in [0.25, 0.3) is 0 Å². The Hall–Kier alpha value is -8.17. The van der Waals surface area contributed by atoms with Crippen LogP contribution in [0.2, 0.25) is 0 Å².